The van der Waals surface area contributed by atoms with E-state index >= 15 is 0 Å². The van der Waals surface area contributed by atoms with Gasteiger partial charge in [-0.1, -0.05) is 0 Å². The summed E-state index contributed by atoms with van der Waals surface area (Å²) in [6.07, 6.45) is 1.50. The van der Waals surface area contributed by atoms with Crippen molar-refractivity contribution in [2.75, 3.05) is 13.4 Å². The van der Waals surface area contributed by atoms with Crippen molar-refractivity contribution in [1.29, 1.82) is 0 Å². The summed E-state index contributed by atoms with van der Waals surface area (Å²) < 4.78 is 15.6. The Morgan fingerprint density at radius 1 is 1.44 bits per heavy atom. The predicted octanol–water partition coefficient (Wildman–Crippen LogP) is 2.14. The summed E-state index contributed by atoms with van der Waals surface area (Å²) in [6.45, 7) is 2.29. The molecule has 0 bridgehead atoms. The number of hydrogen-bond donors (Lipinski definition) is 0. The Labute approximate surface area is 103 Å². The van der Waals surface area contributed by atoms with Gasteiger partial charge in [0, 0.05) is 11.6 Å². The van der Waals surface area contributed by atoms with Gasteiger partial charge in [0.05, 0.1) is 17.7 Å². The molecule has 1 aliphatic rings. The van der Waals surface area contributed by atoms with Crippen LogP contribution in [0.1, 0.15) is 17.3 Å². The Kier molecular flexibility index (Phi) is 2.51. The number of esters is 1. The van der Waals surface area contributed by atoms with Crippen LogP contribution in [-0.2, 0) is 4.74 Å². The lowest BCUT2D eigenvalue weighted by Gasteiger charge is -2.05. The molecule has 0 unspecified atom stereocenters. The van der Waals surface area contributed by atoms with Crippen molar-refractivity contribution in [3.63, 3.8) is 0 Å². The lowest BCUT2D eigenvalue weighted by Crippen LogP contribution is -2.05. The van der Waals surface area contributed by atoms with E-state index in [0.717, 1.165) is 10.9 Å². The molecule has 0 fully saturated rings. The van der Waals surface area contributed by atoms with Crippen molar-refractivity contribution < 1.29 is 19.0 Å². The molecule has 92 valence electrons. The van der Waals surface area contributed by atoms with Crippen LogP contribution < -0.4 is 9.47 Å². The van der Waals surface area contributed by atoms with E-state index in [1.807, 2.05) is 12.1 Å². The zero-order valence-corrected chi connectivity index (χ0v) is 9.80. The van der Waals surface area contributed by atoms with Crippen molar-refractivity contribution in [3.05, 3.63) is 30.0 Å². The summed E-state index contributed by atoms with van der Waals surface area (Å²) in [6, 6.07) is 5.35. The Morgan fingerprint density at radius 2 is 2.33 bits per heavy atom. The van der Waals surface area contributed by atoms with Gasteiger partial charge in [0.15, 0.2) is 11.5 Å². The maximum Gasteiger partial charge on any atom is 0.339 e. The summed E-state index contributed by atoms with van der Waals surface area (Å²) in [7, 11) is 0. The highest BCUT2D eigenvalue weighted by molar-refractivity contribution is 5.96. The Hall–Kier alpha value is -2.30. The first-order chi connectivity index (χ1) is 8.79. The van der Waals surface area contributed by atoms with Crippen LogP contribution in [0.15, 0.2) is 24.4 Å². The van der Waals surface area contributed by atoms with Gasteiger partial charge in [0.1, 0.15) is 0 Å². The minimum atomic E-state index is -0.386. The molecule has 0 saturated carbocycles. The molecular formula is C13H11NO4. The monoisotopic (exact) mass is 245 g/mol. The molecule has 0 saturated heterocycles. The van der Waals surface area contributed by atoms with E-state index in [4.69, 9.17) is 14.2 Å². The number of benzene rings is 1. The van der Waals surface area contributed by atoms with Crippen LogP contribution in [0, 0.1) is 0 Å². The van der Waals surface area contributed by atoms with Crippen molar-refractivity contribution in [3.8, 4) is 11.5 Å². The number of ether oxygens (including phenoxy) is 3. The van der Waals surface area contributed by atoms with Crippen LogP contribution in [0.4, 0.5) is 0 Å². The lowest BCUT2D eigenvalue weighted by atomic mass is 10.1. The fraction of sp³-hybridized carbons (Fsp3) is 0.231. The molecule has 0 atom stereocenters. The quantitative estimate of drug-likeness (QED) is 0.759. The second-order valence-electron chi connectivity index (χ2n) is 3.81. The normalized spacial score (nSPS) is 12.7. The summed E-state index contributed by atoms with van der Waals surface area (Å²) in [5.41, 5.74) is 1.17. The summed E-state index contributed by atoms with van der Waals surface area (Å²) in [5.74, 6) is 0.917. The smallest absolute Gasteiger partial charge is 0.339 e. The van der Waals surface area contributed by atoms with Crippen LogP contribution in [0.5, 0.6) is 11.5 Å². The van der Waals surface area contributed by atoms with Crippen LogP contribution in [0.2, 0.25) is 0 Å². The van der Waals surface area contributed by atoms with Gasteiger partial charge in [-0.15, -0.1) is 0 Å². The second-order valence-corrected chi connectivity index (χ2v) is 3.81. The molecule has 0 N–H and O–H groups in total. The zero-order chi connectivity index (χ0) is 12.5. The van der Waals surface area contributed by atoms with Crippen molar-refractivity contribution in [2.24, 2.45) is 0 Å². The van der Waals surface area contributed by atoms with Gasteiger partial charge in [-0.05, 0) is 25.1 Å². The van der Waals surface area contributed by atoms with E-state index in [1.54, 1.807) is 13.0 Å². The van der Waals surface area contributed by atoms with E-state index in [2.05, 4.69) is 4.98 Å². The third kappa shape index (κ3) is 1.64. The molecule has 1 aromatic carbocycles. The van der Waals surface area contributed by atoms with Gasteiger partial charge in [-0.2, -0.15) is 0 Å². The first-order valence-corrected chi connectivity index (χ1v) is 5.65. The summed E-state index contributed by atoms with van der Waals surface area (Å²) in [5, 5.41) is 0.760. The molecule has 0 amide bonds. The molecule has 5 nitrogen and oxygen atoms in total. The van der Waals surface area contributed by atoms with E-state index < -0.39 is 0 Å². The number of hydrogen-bond acceptors (Lipinski definition) is 5. The van der Waals surface area contributed by atoms with Gasteiger partial charge >= 0.3 is 5.97 Å². The molecule has 3 rings (SSSR count). The second kappa shape index (κ2) is 4.18. The predicted molar refractivity (Wildman–Crippen MR) is 63.8 cm³/mol. The van der Waals surface area contributed by atoms with Crippen molar-refractivity contribution in [2.45, 2.75) is 6.92 Å². The van der Waals surface area contributed by atoms with Gasteiger partial charge in [0.25, 0.3) is 0 Å². The number of fused-ring (bicyclic) bond motifs is 3. The van der Waals surface area contributed by atoms with Crippen LogP contribution in [-0.4, -0.2) is 24.4 Å². The van der Waals surface area contributed by atoms with E-state index in [0.29, 0.717) is 23.7 Å². The average Bonchev–Trinajstić information content (AvgIpc) is 2.87. The Balaban J connectivity index is 2.13. The SMILES string of the molecule is CCOC(=O)c1cnc2ccc3c(c2c1)OCO3. The lowest BCUT2D eigenvalue weighted by molar-refractivity contribution is 0.0526. The molecule has 1 aliphatic heterocycles. The maximum absolute atomic E-state index is 11.7. The summed E-state index contributed by atoms with van der Waals surface area (Å²) >= 11 is 0. The third-order valence-electron chi connectivity index (χ3n) is 2.71. The molecule has 0 radical (unpaired) electrons. The Bertz CT molecular complexity index is 624. The van der Waals surface area contributed by atoms with Crippen LogP contribution in [0.3, 0.4) is 0 Å². The fourth-order valence-electron chi connectivity index (χ4n) is 1.89. The number of carbonyl (C=O) groups is 1. The highest BCUT2D eigenvalue weighted by Gasteiger charge is 2.18. The first kappa shape index (κ1) is 10.8. The summed E-state index contributed by atoms with van der Waals surface area (Å²) in [4.78, 5) is 15.9. The largest absolute Gasteiger partial charge is 0.462 e. The van der Waals surface area contributed by atoms with Gasteiger partial charge < -0.3 is 14.2 Å². The molecular weight excluding hydrogens is 234 g/mol. The molecule has 2 heterocycles. The topological polar surface area (TPSA) is 57.7 Å². The standard InChI is InChI=1S/C13H11NO4/c1-2-16-13(15)8-5-9-10(14-6-8)3-4-11-12(9)18-7-17-11/h3-6H,2,7H2,1H3. The maximum atomic E-state index is 11.7. The molecule has 0 aliphatic carbocycles. The van der Waals surface area contributed by atoms with Crippen LogP contribution >= 0.6 is 0 Å². The minimum absolute atomic E-state index is 0.193. The van der Waals surface area contributed by atoms with E-state index in [-0.39, 0.29) is 12.8 Å². The van der Waals surface area contributed by atoms with Crippen molar-refractivity contribution >= 4 is 16.9 Å². The number of carbonyl (C=O) groups excluding carboxylic acids is 1. The van der Waals surface area contributed by atoms with E-state index in [9.17, 15) is 4.79 Å². The molecule has 5 heteroatoms. The number of rotatable bonds is 2. The minimum Gasteiger partial charge on any atom is -0.462 e. The number of nitrogens with zero attached hydrogens (tertiary/aromatic N) is 1. The highest BCUT2D eigenvalue weighted by atomic mass is 16.7. The highest BCUT2D eigenvalue weighted by Crippen LogP contribution is 2.38. The zero-order valence-electron chi connectivity index (χ0n) is 9.80. The van der Waals surface area contributed by atoms with Crippen molar-refractivity contribution in [1.82, 2.24) is 4.98 Å². The van der Waals surface area contributed by atoms with Gasteiger partial charge in [-0.25, -0.2) is 4.79 Å². The third-order valence-corrected chi connectivity index (χ3v) is 2.71. The number of pyridine rings is 1. The Morgan fingerprint density at radius 3 is 3.17 bits per heavy atom. The number of aromatic nitrogens is 1. The van der Waals surface area contributed by atoms with Gasteiger partial charge in [-0.3, -0.25) is 4.98 Å². The van der Waals surface area contributed by atoms with Crippen LogP contribution in [0.25, 0.3) is 10.9 Å². The fourth-order valence-corrected chi connectivity index (χ4v) is 1.89. The van der Waals surface area contributed by atoms with E-state index in [1.165, 1.54) is 6.20 Å². The molecule has 0 spiro atoms. The molecule has 1 aromatic heterocycles. The van der Waals surface area contributed by atoms with Gasteiger partial charge in [0.2, 0.25) is 6.79 Å². The average molecular weight is 245 g/mol. The molecule has 18 heavy (non-hydrogen) atoms. The first-order valence-electron chi connectivity index (χ1n) is 5.65. The molecule has 2 aromatic rings.